The molecular weight excluding hydrogens is 356 g/mol. The molecule has 1 heterocycles. The summed E-state index contributed by atoms with van der Waals surface area (Å²) in [6.45, 7) is 3.20. The highest BCUT2D eigenvalue weighted by molar-refractivity contribution is 6.05. The molecule has 3 rings (SSSR count). The van der Waals surface area contributed by atoms with Crippen molar-refractivity contribution < 1.29 is 19.1 Å². The number of carbonyl (C=O) groups excluding carboxylic acids is 3. The third-order valence-corrected chi connectivity index (χ3v) is 4.81. The van der Waals surface area contributed by atoms with Gasteiger partial charge in [0.2, 0.25) is 0 Å². The highest BCUT2D eigenvalue weighted by Crippen LogP contribution is 2.21. The normalized spacial score (nSPS) is 14.4. The molecule has 6 heteroatoms. The lowest BCUT2D eigenvalue weighted by Gasteiger charge is -2.31. The van der Waals surface area contributed by atoms with Gasteiger partial charge in [-0.2, -0.15) is 0 Å². The van der Waals surface area contributed by atoms with Crippen molar-refractivity contribution in [3.63, 3.8) is 0 Å². The van der Waals surface area contributed by atoms with Gasteiger partial charge in [0.05, 0.1) is 12.5 Å². The molecule has 2 amide bonds. The zero-order valence-corrected chi connectivity index (χ0v) is 15.9. The number of rotatable bonds is 5. The second-order valence-electron chi connectivity index (χ2n) is 6.72. The number of esters is 1. The molecule has 1 aliphatic heterocycles. The summed E-state index contributed by atoms with van der Waals surface area (Å²) in [7, 11) is 0. The van der Waals surface area contributed by atoms with E-state index in [9.17, 15) is 14.4 Å². The van der Waals surface area contributed by atoms with Gasteiger partial charge in [-0.25, -0.2) is 0 Å². The fraction of sp³-hybridized carbons (Fsp3) is 0.318. The maximum atomic E-state index is 12.8. The zero-order valence-electron chi connectivity index (χ0n) is 15.9. The largest absolute Gasteiger partial charge is 0.466 e. The Labute approximate surface area is 164 Å². The number of hydrogen-bond acceptors (Lipinski definition) is 4. The van der Waals surface area contributed by atoms with Gasteiger partial charge in [-0.05, 0) is 50.1 Å². The smallest absolute Gasteiger partial charge is 0.309 e. The molecule has 0 radical (unpaired) electrons. The molecule has 1 aliphatic rings. The molecule has 0 unspecified atom stereocenters. The molecule has 0 atom stereocenters. The minimum atomic E-state index is -0.222. The first-order chi connectivity index (χ1) is 13.6. The first-order valence-electron chi connectivity index (χ1n) is 9.51. The maximum absolute atomic E-state index is 12.8. The number of anilines is 1. The van der Waals surface area contributed by atoms with Crippen molar-refractivity contribution in [2.75, 3.05) is 25.0 Å². The van der Waals surface area contributed by atoms with Gasteiger partial charge in [-0.1, -0.05) is 24.3 Å². The summed E-state index contributed by atoms with van der Waals surface area (Å²) in [5, 5.41) is 2.82. The third kappa shape index (κ3) is 4.76. The molecule has 0 saturated carbocycles. The molecule has 0 aliphatic carbocycles. The van der Waals surface area contributed by atoms with Crippen LogP contribution in [0.2, 0.25) is 0 Å². The minimum Gasteiger partial charge on any atom is -0.466 e. The number of nitrogens with zero attached hydrogens (tertiary/aromatic N) is 1. The molecule has 2 aromatic carbocycles. The topological polar surface area (TPSA) is 75.7 Å². The highest BCUT2D eigenvalue weighted by atomic mass is 16.5. The lowest BCUT2D eigenvalue weighted by Crippen LogP contribution is -2.40. The Bertz CT molecular complexity index is 843. The average molecular weight is 380 g/mol. The number of benzene rings is 2. The first-order valence-corrected chi connectivity index (χ1v) is 9.51. The molecule has 6 nitrogen and oxygen atoms in total. The van der Waals surface area contributed by atoms with E-state index in [1.807, 2.05) is 6.07 Å². The van der Waals surface area contributed by atoms with E-state index in [1.54, 1.807) is 60.4 Å². The average Bonchev–Trinajstić information content (AvgIpc) is 2.74. The summed E-state index contributed by atoms with van der Waals surface area (Å²) in [6.07, 6.45) is 1.21. The SMILES string of the molecule is CCOC(=O)C1CCN(C(=O)c2cccc(NC(=O)c3ccccc3)c2)CC1. The summed E-state index contributed by atoms with van der Waals surface area (Å²) in [5.41, 5.74) is 1.64. The van der Waals surface area contributed by atoms with Gasteiger partial charge in [-0.3, -0.25) is 14.4 Å². The van der Waals surface area contributed by atoms with Crippen molar-refractivity contribution in [1.29, 1.82) is 0 Å². The number of piperidine rings is 1. The summed E-state index contributed by atoms with van der Waals surface area (Å²) in [5.74, 6) is -0.640. The van der Waals surface area contributed by atoms with Crippen molar-refractivity contribution in [2.45, 2.75) is 19.8 Å². The van der Waals surface area contributed by atoms with Crippen molar-refractivity contribution >= 4 is 23.5 Å². The van der Waals surface area contributed by atoms with Gasteiger partial charge in [0.25, 0.3) is 11.8 Å². The minimum absolute atomic E-state index is 0.0990. The maximum Gasteiger partial charge on any atom is 0.309 e. The Morgan fingerprint density at radius 1 is 1.00 bits per heavy atom. The number of hydrogen-bond donors (Lipinski definition) is 1. The van der Waals surface area contributed by atoms with Gasteiger partial charge in [0.15, 0.2) is 0 Å². The van der Waals surface area contributed by atoms with Crippen molar-refractivity contribution in [2.24, 2.45) is 5.92 Å². The van der Waals surface area contributed by atoms with Crippen LogP contribution < -0.4 is 5.32 Å². The van der Waals surface area contributed by atoms with Crippen molar-refractivity contribution in [1.82, 2.24) is 4.90 Å². The van der Waals surface area contributed by atoms with E-state index in [0.717, 1.165) is 0 Å². The van der Waals surface area contributed by atoms with E-state index in [0.29, 0.717) is 49.4 Å². The summed E-state index contributed by atoms with van der Waals surface area (Å²) >= 11 is 0. The van der Waals surface area contributed by atoms with Gasteiger partial charge in [-0.15, -0.1) is 0 Å². The summed E-state index contributed by atoms with van der Waals surface area (Å²) < 4.78 is 5.07. The molecule has 146 valence electrons. The predicted molar refractivity (Wildman–Crippen MR) is 106 cm³/mol. The van der Waals surface area contributed by atoms with E-state index in [-0.39, 0.29) is 23.7 Å². The van der Waals surface area contributed by atoms with Gasteiger partial charge >= 0.3 is 5.97 Å². The molecule has 1 N–H and O–H groups in total. The number of amides is 2. The lowest BCUT2D eigenvalue weighted by molar-refractivity contribution is -0.149. The van der Waals surface area contributed by atoms with E-state index >= 15 is 0 Å². The zero-order chi connectivity index (χ0) is 19.9. The van der Waals surface area contributed by atoms with E-state index in [4.69, 9.17) is 4.74 Å². The predicted octanol–water partition coefficient (Wildman–Crippen LogP) is 3.35. The third-order valence-electron chi connectivity index (χ3n) is 4.81. The van der Waals surface area contributed by atoms with Crippen LogP contribution in [0.3, 0.4) is 0 Å². The number of likely N-dealkylation sites (tertiary alicyclic amines) is 1. The fourth-order valence-corrected chi connectivity index (χ4v) is 3.28. The van der Waals surface area contributed by atoms with Crippen LogP contribution in [0.25, 0.3) is 0 Å². The van der Waals surface area contributed by atoms with Gasteiger partial charge < -0.3 is 15.0 Å². The van der Waals surface area contributed by atoms with E-state index in [2.05, 4.69) is 5.32 Å². The van der Waals surface area contributed by atoms with Crippen molar-refractivity contribution in [3.8, 4) is 0 Å². The Hall–Kier alpha value is -3.15. The monoisotopic (exact) mass is 380 g/mol. The van der Waals surface area contributed by atoms with Crippen LogP contribution in [0.1, 0.15) is 40.5 Å². The second kappa shape index (κ2) is 9.17. The Morgan fingerprint density at radius 2 is 1.68 bits per heavy atom. The molecule has 0 aromatic heterocycles. The van der Waals surface area contributed by atoms with Crippen molar-refractivity contribution in [3.05, 3.63) is 65.7 Å². The molecule has 2 aromatic rings. The number of carbonyl (C=O) groups is 3. The van der Waals surface area contributed by atoms with Crippen LogP contribution in [-0.2, 0) is 9.53 Å². The first kappa shape index (κ1) is 19.6. The molecule has 1 fully saturated rings. The van der Waals surface area contributed by atoms with Crippen LogP contribution in [-0.4, -0.2) is 42.4 Å². The standard InChI is InChI=1S/C22H24N2O4/c1-2-28-22(27)17-11-13-24(14-12-17)21(26)18-9-6-10-19(15-18)23-20(25)16-7-4-3-5-8-16/h3-10,15,17H,2,11-14H2,1H3,(H,23,25). The Balaban J connectivity index is 1.61. The fourth-order valence-electron chi connectivity index (χ4n) is 3.28. The molecule has 1 saturated heterocycles. The van der Waals surface area contributed by atoms with Crippen LogP contribution in [0.5, 0.6) is 0 Å². The summed E-state index contributed by atoms with van der Waals surface area (Å²) in [6, 6.07) is 15.8. The van der Waals surface area contributed by atoms with E-state index in [1.165, 1.54) is 0 Å². The Kier molecular flexibility index (Phi) is 6.42. The molecule has 0 spiro atoms. The number of ether oxygens (including phenoxy) is 1. The molecule has 0 bridgehead atoms. The van der Waals surface area contributed by atoms with Crippen LogP contribution >= 0.6 is 0 Å². The number of nitrogens with one attached hydrogen (secondary N) is 1. The van der Waals surface area contributed by atoms with Crippen LogP contribution in [0.15, 0.2) is 54.6 Å². The van der Waals surface area contributed by atoms with Gasteiger partial charge in [0, 0.05) is 29.9 Å². The summed E-state index contributed by atoms with van der Waals surface area (Å²) in [4.78, 5) is 38.7. The highest BCUT2D eigenvalue weighted by Gasteiger charge is 2.28. The quantitative estimate of drug-likeness (QED) is 0.807. The lowest BCUT2D eigenvalue weighted by atomic mass is 9.96. The van der Waals surface area contributed by atoms with E-state index < -0.39 is 0 Å². The van der Waals surface area contributed by atoms with Crippen LogP contribution in [0.4, 0.5) is 5.69 Å². The van der Waals surface area contributed by atoms with Crippen LogP contribution in [0, 0.1) is 5.92 Å². The van der Waals surface area contributed by atoms with Gasteiger partial charge in [0.1, 0.15) is 0 Å². The Morgan fingerprint density at radius 3 is 2.36 bits per heavy atom. The molecular formula is C22H24N2O4. The second-order valence-corrected chi connectivity index (χ2v) is 6.72. The molecule has 28 heavy (non-hydrogen) atoms.